The lowest BCUT2D eigenvalue weighted by atomic mass is 10.0. The summed E-state index contributed by atoms with van der Waals surface area (Å²) in [6.07, 6.45) is 3.83. The molecular weight excluding hydrogens is 395 g/mol. The first kappa shape index (κ1) is 23.0. The average molecular weight is 421 g/mol. The zero-order chi connectivity index (χ0) is 16.9. The molecule has 2 N–H and O–H groups in total. The normalized spacial score (nSPS) is 17.5. The molecule has 2 aliphatic heterocycles. The van der Waals surface area contributed by atoms with E-state index in [2.05, 4.69) is 15.6 Å². The monoisotopic (exact) mass is 420 g/mol. The van der Waals surface area contributed by atoms with Gasteiger partial charge in [-0.15, -0.1) is 24.8 Å². The highest BCUT2D eigenvalue weighted by molar-refractivity contribution is 8.00. The molecule has 3 heterocycles. The van der Waals surface area contributed by atoms with Crippen LogP contribution in [-0.4, -0.2) is 59.7 Å². The lowest BCUT2D eigenvalue weighted by molar-refractivity contribution is -0.129. The zero-order valence-corrected chi connectivity index (χ0v) is 17.2. The van der Waals surface area contributed by atoms with Gasteiger partial charge in [0, 0.05) is 44.8 Å². The topological polar surface area (TPSA) is 74.3 Å². The van der Waals surface area contributed by atoms with Gasteiger partial charge >= 0.3 is 0 Å². The Morgan fingerprint density at radius 3 is 2.65 bits per heavy atom. The lowest BCUT2D eigenvalue weighted by Crippen LogP contribution is -2.48. The Hall–Kier alpha value is -1.02. The van der Waals surface area contributed by atoms with Crippen LogP contribution in [0.25, 0.3) is 0 Å². The minimum absolute atomic E-state index is 0. The Bertz CT molecular complexity index is 610. The van der Waals surface area contributed by atoms with Crippen molar-refractivity contribution in [1.29, 1.82) is 0 Å². The first-order valence-corrected chi connectivity index (χ1v) is 9.42. The van der Waals surface area contributed by atoms with Crippen LogP contribution in [0.15, 0.2) is 23.4 Å². The van der Waals surface area contributed by atoms with E-state index in [9.17, 15) is 9.59 Å². The van der Waals surface area contributed by atoms with Crippen molar-refractivity contribution in [3.63, 3.8) is 0 Å². The standard InChI is InChI=1S/C17H24N4O2S.2ClH/c1-12(17(23)21-7-2-3-8-21)24-16-14(5-4-6-19-16)15(22)20-11-13-9-18-10-13;;/h4-6,12-13,18H,2-3,7-11H2,1H3,(H,20,22);2*1H. The second kappa shape index (κ2) is 11.0. The van der Waals surface area contributed by atoms with E-state index in [1.54, 1.807) is 18.3 Å². The second-order valence-electron chi connectivity index (χ2n) is 6.38. The van der Waals surface area contributed by atoms with E-state index in [0.717, 1.165) is 39.0 Å². The molecule has 2 amide bonds. The van der Waals surface area contributed by atoms with Gasteiger partial charge in [0.2, 0.25) is 5.91 Å². The molecule has 0 spiro atoms. The Labute approximate surface area is 171 Å². The van der Waals surface area contributed by atoms with Crippen LogP contribution < -0.4 is 10.6 Å². The van der Waals surface area contributed by atoms with Crippen molar-refractivity contribution < 1.29 is 9.59 Å². The molecule has 1 unspecified atom stereocenters. The molecule has 2 aliphatic rings. The van der Waals surface area contributed by atoms with Crippen LogP contribution in [-0.2, 0) is 4.79 Å². The number of aromatic nitrogens is 1. The zero-order valence-electron chi connectivity index (χ0n) is 14.8. The molecule has 2 fully saturated rings. The summed E-state index contributed by atoms with van der Waals surface area (Å²) in [5.41, 5.74) is 0.552. The van der Waals surface area contributed by atoms with Crippen molar-refractivity contribution >= 4 is 48.4 Å². The Morgan fingerprint density at radius 2 is 2.04 bits per heavy atom. The summed E-state index contributed by atoms with van der Waals surface area (Å²) >= 11 is 1.37. The molecule has 1 aromatic heterocycles. The van der Waals surface area contributed by atoms with Crippen molar-refractivity contribution in [1.82, 2.24) is 20.5 Å². The maximum Gasteiger partial charge on any atom is 0.254 e. The minimum Gasteiger partial charge on any atom is -0.352 e. The van der Waals surface area contributed by atoms with Gasteiger partial charge in [0.25, 0.3) is 5.91 Å². The van der Waals surface area contributed by atoms with Gasteiger partial charge in [-0.1, -0.05) is 11.8 Å². The average Bonchev–Trinajstić information content (AvgIpc) is 3.07. The Morgan fingerprint density at radius 1 is 1.35 bits per heavy atom. The van der Waals surface area contributed by atoms with Gasteiger partial charge in [0.15, 0.2) is 0 Å². The molecule has 1 aromatic rings. The number of carbonyl (C=O) groups is 2. The van der Waals surface area contributed by atoms with Gasteiger partial charge < -0.3 is 15.5 Å². The number of nitrogens with one attached hydrogen (secondary N) is 2. The summed E-state index contributed by atoms with van der Waals surface area (Å²) in [5.74, 6) is 0.533. The number of thioether (sulfide) groups is 1. The first-order chi connectivity index (χ1) is 11.6. The number of hydrogen-bond donors (Lipinski definition) is 2. The van der Waals surface area contributed by atoms with E-state index in [0.29, 0.717) is 23.1 Å². The molecule has 26 heavy (non-hydrogen) atoms. The quantitative estimate of drug-likeness (QED) is 0.688. The number of likely N-dealkylation sites (tertiary alicyclic amines) is 1. The number of nitrogens with zero attached hydrogens (tertiary/aromatic N) is 2. The Kier molecular flexibility index (Phi) is 9.71. The number of amides is 2. The predicted molar refractivity (Wildman–Crippen MR) is 109 cm³/mol. The van der Waals surface area contributed by atoms with Gasteiger partial charge in [-0.05, 0) is 31.9 Å². The van der Waals surface area contributed by atoms with Crippen molar-refractivity contribution in [2.24, 2.45) is 5.92 Å². The van der Waals surface area contributed by atoms with E-state index < -0.39 is 0 Å². The SMILES string of the molecule is CC(Sc1ncccc1C(=O)NCC1CNC1)C(=O)N1CCCC1.Cl.Cl. The molecule has 0 radical (unpaired) electrons. The van der Waals surface area contributed by atoms with Gasteiger partial charge in [0.05, 0.1) is 10.8 Å². The van der Waals surface area contributed by atoms with Crippen LogP contribution in [0.5, 0.6) is 0 Å². The summed E-state index contributed by atoms with van der Waals surface area (Å²) in [7, 11) is 0. The predicted octanol–water partition coefficient (Wildman–Crippen LogP) is 1.98. The highest BCUT2D eigenvalue weighted by Gasteiger charge is 2.26. The van der Waals surface area contributed by atoms with E-state index in [1.165, 1.54) is 11.8 Å². The second-order valence-corrected chi connectivity index (χ2v) is 7.71. The van der Waals surface area contributed by atoms with Crippen molar-refractivity contribution in [3.8, 4) is 0 Å². The number of halogens is 2. The highest BCUT2D eigenvalue weighted by Crippen LogP contribution is 2.27. The minimum atomic E-state index is -0.236. The van der Waals surface area contributed by atoms with Gasteiger partial charge in [-0.2, -0.15) is 0 Å². The number of rotatable bonds is 6. The summed E-state index contributed by atoms with van der Waals surface area (Å²) in [5, 5.41) is 6.55. The summed E-state index contributed by atoms with van der Waals surface area (Å²) < 4.78 is 0. The highest BCUT2D eigenvalue weighted by atomic mass is 35.5. The van der Waals surface area contributed by atoms with Crippen molar-refractivity contribution in [3.05, 3.63) is 23.9 Å². The van der Waals surface area contributed by atoms with Gasteiger partial charge in [0.1, 0.15) is 5.03 Å². The molecule has 2 saturated heterocycles. The first-order valence-electron chi connectivity index (χ1n) is 8.54. The molecular formula is C17H26Cl2N4O2S. The molecule has 6 nitrogen and oxygen atoms in total. The third kappa shape index (κ3) is 5.74. The Balaban J connectivity index is 0.00000169. The van der Waals surface area contributed by atoms with E-state index >= 15 is 0 Å². The largest absolute Gasteiger partial charge is 0.352 e. The van der Waals surface area contributed by atoms with Crippen LogP contribution in [0, 0.1) is 5.92 Å². The van der Waals surface area contributed by atoms with Crippen LogP contribution in [0.2, 0.25) is 0 Å². The van der Waals surface area contributed by atoms with Gasteiger partial charge in [-0.3, -0.25) is 9.59 Å². The van der Waals surface area contributed by atoms with Crippen LogP contribution in [0.3, 0.4) is 0 Å². The molecule has 0 saturated carbocycles. The van der Waals surface area contributed by atoms with Gasteiger partial charge in [-0.25, -0.2) is 4.98 Å². The van der Waals surface area contributed by atoms with Crippen LogP contribution in [0.1, 0.15) is 30.1 Å². The number of carbonyl (C=O) groups excluding carboxylic acids is 2. The number of pyridine rings is 1. The van der Waals surface area contributed by atoms with E-state index in [1.807, 2.05) is 11.8 Å². The molecule has 9 heteroatoms. The summed E-state index contributed by atoms with van der Waals surface area (Å²) in [6, 6.07) is 3.54. The fourth-order valence-electron chi connectivity index (χ4n) is 2.90. The molecule has 0 bridgehead atoms. The maximum atomic E-state index is 12.5. The van der Waals surface area contributed by atoms with Crippen molar-refractivity contribution in [2.75, 3.05) is 32.7 Å². The summed E-state index contributed by atoms with van der Waals surface area (Å²) in [4.78, 5) is 31.1. The fourth-order valence-corrected chi connectivity index (χ4v) is 3.89. The lowest BCUT2D eigenvalue weighted by Gasteiger charge is -2.27. The third-order valence-electron chi connectivity index (χ3n) is 4.49. The molecule has 146 valence electrons. The maximum absolute atomic E-state index is 12.5. The molecule has 0 aliphatic carbocycles. The third-order valence-corrected chi connectivity index (χ3v) is 5.59. The molecule has 3 rings (SSSR count). The van der Waals surface area contributed by atoms with E-state index in [4.69, 9.17) is 0 Å². The summed E-state index contributed by atoms with van der Waals surface area (Å²) in [6.45, 7) is 6.16. The van der Waals surface area contributed by atoms with Crippen LogP contribution in [0.4, 0.5) is 0 Å². The smallest absolute Gasteiger partial charge is 0.254 e. The van der Waals surface area contributed by atoms with E-state index in [-0.39, 0.29) is 41.9 Å². The molecule has 1 atom stereocenters. The van der Waals surface area contributed by atoms with Crippen LogP contribution >= 0.6 is 36.6 Å². The number of hydrogen-bond acceptors (Lipinski definition) is 5. The van der Waals surface area contributed by atoms with Crippen molar-refractivity contribution in [2.45, 2.75) is 30.0 Å². The molecule has 0 aromatic carbocycles. The fraction of sp³-hybridized carbons (Fsp3) is 0.588.